The van der Waals surface area contributed by atoms with E-state index in [0.29, 0.717) is 0 Å². The third-order valence-electron chi connectivity index (χ3n) is 1.32. The fourth-order valence-electron chi connectivity index (χ4n) is 0.802. The van der Waals surface area contributed by atoms with Crippen molar-refractivity contribution in [1.29, 1.82) is 0 Å². The lowest BCUT2D eigenvalue weighted by atomic mass is 10.9. The van der Waals surface area contributed by atoms with E-state index >= 15 is 0 Å². The van der Waals surface area contributed by atoms with E-state index < -0.39 is 27.7 Å². The molecule has 0 fully saturated rings. The molecule has 4 N–H and O–H groups in total. The van der Waals surface area contributed by atoms with Crippen molar-refractivity contribution in [2.45, 2.75) is 6.73 Å². The molecule has 1 aromatic rings. The molecule has 0 aliphatic carbocycles. The Morgan fingerprint density at radius 3 is 2.40 bits per heavy atom. The molecule has 0 saturated carbocycles. The summed E-state index contributed by atoms with van der Waals surface area (Å²) >= 11 is 0. The van der Waals surface area contributed by atoms with Crippen LogP contribution in [0.2, 0.25) is 0 Å². The molecule has 0 aliphatic heterocycles. The number of phosphoric acid groups is 1. The maximum atomic E-state index is 10.8. The molecule has 11 heteroatoms. The summed E-state index contributed by atoms with van der Waals surface area (Å²) in [6.07, 6.45) is 2.21. The summed E-state index contributed by atoms with van der Waals surface area (Å²) in [6.45, 7) is -0.690. The molecular formula is C4H8N2O7P2. The highest BCUT2D eigenvalue weighted by Crippen LogP contribution is 2.37. The van der Waals surface area contributed by atoms with Gasteiger partial charge in [-0.15, -0.1) is 0 Å². The first-order valence-electron chi connectivity index (χ1n) is 3.47. The van der Waals surface area contributed by atoms with Gasteiger partial charge in [-0.1, -0.05) is 0 Å². The number of imidazole rings is 1. The first-order chi connectivity index (χ1) is 6.70. The van der Waals surface area contributed by atoms with E-state index in [0.717, 1.165) is 17.0 Å². The third-order valence-corrected chi connectivity index (χ3v) is 2.66. The third kappa shape index (κ3) is 3.84. The standard InChI is InChI=1S/C4H8N2O7P2/c7-14(8,9)4-5-1-2-6(4)3-13-15(10,11)12/h1-2H,3H2,(H2,7,8,9)(H2,10,11,12). The molecule has 1 aromatic heterocycles. The van der Waals surface area contributed by atoms with E-state index in [1.54, 1.807) is 0 Å². The van der Waals surface area contributed by atoms with E-state index in [1.165, 1.54) is 0 Å². The van der Waals surface area contributed by atoms with Crippen molar-refractivity contribution >= 4 is 21.0 Å². The number of nitrogens with zero attached hydrogens (tertiary/aromatic N) is 2. The van der Waals surface area contributed by atoms with Crippen molar-refractivity contribution < 1.29 is 33.2 Å². The van der Waals surface area contributed by atoms with Gasteiger partial charge in [0.2, 0.25) is 5.57 Å². The van der Waals surface area contributed by atoms with Crippen LogP contribution in [0.4, 0.5) is 0 Å². The van der Waals surface area contributed by atoms with Crippen LogP contribution in [0.15, 0.2) is 12.4 Å². The fraction of sp³-hybridized carbons (Fsp3) is 0.250. The molecule has 0 saturated heterocycles. The van der Waals surface area contributed by atoms with Gasteiger partial charge in [0.25, 0.3) is 0 Å². The lowest BCUT2D eigenvalue weighted by Gasteiger charge is -2.09. The quantitative estimate of drug-likeness (QED) is 0.491. The normalized spacial score (nSPS) is 13.1. The average molecular weight is 258 g/mol. The Labute approximate surface area is 83.7 Å². The minimum atomic E-state index is -4.68. The highest BCUT2D eigenvalue weighted by Gasteiger charge is 2.25. The molecule has 15 heavy (non-hydrogen) atoms. The second kappa shape index (κ2) is 4.15. The average Bonchev–Trinajstić information content (AvgIpc) is 2.45. The van der Waals surface area contributed by atoms with Gasteiger partial charge in [-0.2, -0.15) is 0 Å². The number of aromatic nitrogens is 2. The number of phosphoric ester groups is 1. The van der Waals surface area contributed by atoms with Crippen molar-refractivity contribution in [2.24, 2.45) is 0 Å². The lowest BCUT2D eigenvalue weighted by molar-refractivity contribution is 0.155. The van der Waals surface area contributed by atoms with Crippen LogP contribution in [0.3, 0.4) is 0 Å². The lowest BCUT2D eigenvalue weighted by Crippen LogP contribution is -2.19. The van der Waals surface area contributed by atoms with Crippen molar-refractivity contribution in [3.8, 4) is 0 Å². The van der Waals surface area contributed by atoms with E-state index in [-0.39, 0.29) is 0 Å². The van der Waals surface area contributed by atoms with Crippen LogP contribution in [0.5, 0.6) is 0 Å². The van der Waals surface area contributed by atoms with Gasteiger partial charge in [-0.05, 0) is 0 Å². The van der Waals surface area contributed by atoms with Crippen LogP contribution >= 0.6 is 15.4 Å². The Morgan fingerprint density at radius 1 is 1.33 bits per heavy atom. The van der Waals surface area contributed by atoms with Crippen LogP contribution in [0.25, 0.3) is 0 Å². The van der Waals surface area contributed by atoms with E-state index in [9.17, 15) is 9.13 Å². The van der Waals surface area contributed by atoms with Gasteiger partial charge < -0.3 is 24.1 Å². The second-order valence-corrected chi connectivity index (χ2v) is 5.22. The number of rotatable bonds is 4. The maximum absolute atomic E-state index is 10.8. The molecule has 9 nitrogen and oxygen atoms in total. The second-order valence-electron chi connectivity index (χ2n) is 2.49. The van der Waals surface area contributed by atoms with Crippen molar-refractivity contribution in [3.63, 3.8) is 0 Å². The summed E-state index contributed by atoms with van der Waals surface area (Å²) < 4.78 is 26.0. The predicted octanol–water partition coefficient (Wildman–Crippen LogP) is -1.25. The molecule has 0 spiro atoms. The molecule has 0 bridgehead atoms. The summed E-state index contributed by atoms with van der Waals surface area (Å²) in [5.41, 5.74) is -0.615. The number of hydrogen-bond donors (Lipinski definition) is 4. The van der Waals surface area contributed by atoms with Crippen LogP contribution in [-0.4, -0.2) is 29.1 Å². The largest absolute Gasteiger partial charge is 0.471 e. The highest BCUT2D eigenvalue weighted by atomic mass is 31.2. The van der Waals surface area contributed by atoms with Gasteiger partial charge in [0.05, 0.1) is 0 Å². The molecule has 0 unspecified atom stereocenters. The minimum Gasteiger partial charge on any atom is -0.319 e. The molecule has 0 radical (unpaired) electrons. The zero-order chi connectivity index (χ0) is 11.7. The topological polar surface area (TPSA) is 142 Å². The molecule has 0 aliphatic rings. The molecule has 1 heterocycles. The van der Waals surface area contributed by atoms with Crippen molar-refractivity contribution in [2.75, 3.05) is 0 Å². The summed E-state index contributed by atoms with van der Waals surface area (Å²) in [6, 6.07) is 0. The molecular weight excluding hydrogens is 250 g/mol. The maximum Gasteiger partial charge on any atom is 0.471 e. The van der Waals surface area contributed by atoms with E-state index in [2.05, 4.69) is 9.51 Å². The fourth-order valence-corrected chi connectivity index (χ4v) is 1.75. The SMILES string of the molecule is O=P(O)(O)OCn1ccnc1P(=O)(O)O. The van der Waals surface area contributed by atoms with Crippen LogP contribution < -0.4 is 5.57 Å². The minimum absolute atomic E-state index is 0.615. The predicted molar refractivity (Wildman–Crippen MR) is 47.0 cm³/mol. The van der Waals surface area contributed by atoms with E-state index in [4.69, 9.17) is 19.6 Å². The Balaban J connectivity index is 2.84. The van der Waals surface area contributed by atoms with Crippen molar-refractivity contribution in [3.05, 3.63) is 12.4 Å². The molecule has 86 valence electrons. The molecule has 0 atom stereocenters. The van der Waals surface area contributed by atoms with Gasteiger partial charge in [0.1, 0.15) is 6.73 Å². The van der Waals surface area contributed by atoms with Gasteiger partial charge in [0, 0.05) is 12.4 Å². The van der Waals surface area contributed by atoms with Gasteiger partial charge in [-0.25, -0.2) is 9.55 Å². The first-order valence-corrected chi connectivity index (χ1v) is 6.62. The Bertz CT molecular complexity index is 430. The Morgan fingerprint density at radius 2 is 1.93 bits per heavy atom. The summed E-state index contributed by atoms with van der Waals surface area (Å²) in [5, 5.41) is 0. The molecule has 1 rings (SSSR count). The summed E-state index contributed by atoms with van der Waals surface area (Å²) in [4.78, 5) is 37.6. The monoisotopic (exact) mass is 258 g/mol. The van der Waals surface area contributed by atoms with E-state index in [1.807, 2.05) is 0 Å². The van der Waals surface area contributed by atoms with Gasteiger partial charge >= 0.3 is 15.4 Å². The van der Waals surface area contributed by atoms with Gasteiger partial charge in [0.15, 0.2) is 0 Å². The highest BCUT2D eigenvalue weighted by molar-refractivity contribution is 7.59. The van der Waals surface area contributed by atoms with Crippen LogP contribution in [0.1, 0.15) is 0 Å². The van der Waals surface area contributed by atoms with Crippen LogP contribution in [-0.2, 0) is 20.4 Å². The zero-order valence-electron chi connectivity index (χ0n) is 7.16. The summed E-state index contributed by atoms with van der Waals surface area (Å²) in [7, 11) is -9.25. The number of hydrogen-bond acceptors (Lipinski definition) is 4. The Kier molecular flexibility index (Phi) is 3.47. The smallest absolute Gasteiger partial charge is 0.319 e. The molecule has 0 aromatic carbocycles. The molecule has 0 amide bonds. The Hall–Kier alpha value is -0.530. The van der Waals surface area contributed by atoms with Crippen molar-refractivity contribution in [1.82, 2.24) is 9.55 Å². The summed E-state index contributed by atoms with van der Waals surface area (Å²) in [5.74, 6) is 0. The zero-order valence-corrected chi connectivity index (χ0v) is 8.95. The van der Waals surface area contributed by atoms with Gasteiger partial charge in [-0.3, -0.25) is 9.09 Å². The van der Waals surface area contributed by atoms with Crippen LogP contribution in [0, 0.1) is 0 Å². The first kappa shape index (κ1) is 12.5.